The van der Waals surface area contributed by atoms with Crippen LogP contribution in [-0.2, 0) is 4.79 Å². The number of hydrogen-bond donors (Lipinski definition) is 1. The molecule has 2 aliphatic heterocycles. The van der Waals surface area contributed by atoms with E-state index in [1.165, 1.54) is 0 Å². The summed E-state index contributed by atoms with van der Waals surface area (Å²) < 4.78 is 5.48. The molecule has 0 saturated carbocycles. The molecule has 0 aliphatic carbocycles. The Morgan fingerprint density at radius 1 is 1.23 bits per heavy atom. The molecule has 1 aromatic carbocycles. The number of hydrogen-bond acceptors (Lipinski definition) is 4. The van der Waals surface area contributed by atoms with Gasteiger partial charge in [-0.05, 0) is 38.7 Å². The summed E-state index contributed by atoms with van der Waals surface area (Å²) >= 11 is 0. The van der Waals surface area contributed by atoms with Crippen molar-refractivity contribution in [3.05, 3.63) is 41.1 Å². The standard InChI is InChI=1S/C19H26N4O3/c1-5-26-14-8-6-13(7-9-14)17-16-15(22(4)19(25)20-17)12-23(18(16)24)11-10-21(2)3/h6-9,17H,5,10-12H2,1-4H3,(H,20,25)/t17-/m1/s1. The molecule has 1 atom stereocenters. The number of ether oxygens (including phenoxy) is 1. The van der Waals surface area contributed by atoms with E-state index in [1.54, 1.807) is 11.9 Å². The summed E-state index contributed by atoms with van der Waals surface area (Å²) in [7, 11) is 5.67. The van der Waals surface area contributed by atoms with E-state index in [0.717, 1.165) is 23.6 Å². The molecule has 140 valence electrons. The molecule has 2 heterocycles. The lowest BCUT2D eigenvalue weighted by atomic mass is 9.95. The molecule has 0 bridgehead atoms. The Balaban J connectivity index is 1.88. The maximum Gasteiger partial charge on any atom is 0.322 e. The molecular weight excluding hydrogens is 332 g/mol. The maximum absolute atomic E-state index is 13.0. The SMILES string of the molecule is CCOc1ccc([C@H]2NC(=O)N(C)C3=C2C(=O)N(CCN(C)C)C3)cc1. The van der Waals surface area contributed by atoms with Crippen molar-refractivity contribution in [2.24, 2.45) is 0 Å². The van der Waals surface area contributed by atoms with Crippen LogP contribution in [0.25, 0.3) is 0 Å². The van der Waals surface area contributed by atoms with Gasteiger partial charge in [0.2, 0.25) is 0 Å². The molecule has 7 nitrogen and oxygen atoms in total. The average Bonchev–Trinajstić information content (AvgIpc) is 2.94. The fourth-order valence-corrected chi connectivity index (χ4v) is 3.30. The van der Waals surface area contributed by atoms with Gasteiger partial charge in [0.25, 0.3) is 5.91 Å². The summed E-state index contributed by atoms with van der Waals surface area (Å²) in [6, 6.07) is 6.93. The number of nitrogens with zero attached hydrogens (tertiary/aromatic N) is 3. The lowest BCUT2D eigenvalue weighted by molar-refractivity contribution is -0.125. The molecule has 0 saturated heterocycles. The van der Waals surface area contributed by atoms with Gasteiger partial charge in [0.1, 0.15) is 5.75 Å². The molecule has 26 heavy (non-hydrogen) atoms. The monoisotopic (exact) mass is 358 g/mol. The van der Waals surface area contributed by atoms with Crippen LogP contribution in [-0.4, -0.2) is 74.0 Å². The first-order valence-corrected chi connectivity index (χ1v) is 8.86. The molecular formula is C19H26N4O3. The van der Waals surface area contributed by atoms with E-state index in [2.05, 4.69) is 5.32 Å². The summed E-state index contributed by atoms with van der Waals surface area (Å²) in [6.45, 7) is 4.42. The Kier molecular flexibility index (Phi) is 5.18. The molecule has 0 unspecified atom stereocenters. The Hall–Kier alpha value is -2.54. The Morgan fingerprint density at radius 3 is 2.54 bits per heavy atom. The molecule has 0 aromatic heterocycles. The van der Waals surface area contributed by atoms with Crippen LogP contribution in [0.2, 0.25) is 0 Å². The van der Waals surface area contributed by atoms with E-state index >= 15 is 0 Å². The molecule has 1 aromatic rings. The molecule has 3 amide bonds. The van der Waals surface area contributed by atoms with Crippen LogP contribution in [0.5, 0.6) is 5.75 Å². The average molecular weight is 358 g/mol. The minimum atomic E-state index is -0.429. The van der Waals surface area contributed by atoms with E-state index in [1.807, 2.05) is 55.1 Å². The number of urea groups is 1. The predicted octanol–water partition coefficient (Wildman–Crippen LogP) is 1.44. The summed E-state index contributed by atoms with van der Waals surface area (Å²) in [4.78, 5) is 30.8. The fraction of sp³-hybridized carbons (Fsp3) is 0.474. The quantitative estimate of drug-likeness (QED) is 0.836. The molecule has 0 spiro atoms. The summed E-state index contributed by atoms with van der Waals surface area (Å²) in [5.41, 5.74) is 2.33. The van der Waals surface area contributed by atoms with Gasteiger partial charge in [-0.3, -0.25) is 9.69 Å². The van der Waals surface area contributed by atoms with E-state index in [4.69, 9.17) is 4.74 Å². The van der Waals surface area contributed by atoms with Gasteiger partial charge in [-0.2, -0.15) is 0 Å². The number of amides is 3. The van der Waals surface area contributed by atoms with Gasteiger partial charge >= 0.3 is 6.03 Å². The lowest BCUT2D eigenvalue weighted by Gasteiger charge is -2.31. The summed E-state index contributed by atoms with van der Waals surface area (Å²) in [5.74, 6) is 0.766. The highest BCUT2D eigenvalue weighted by Crippen LogP contribution is 2.35. The van der Waals surface area contributed by atoms with Crippen LogP contribution < -0.4 is 10.1 Å². The van der Waals surface area contributed by atoms with E-state index in [9.17, 15) is 9.59 Å². The van der Waals surface area contributed by atoms with Crippen molar-refractivity contribution >= 4 is 11.9 Å². The van der Waals surface area contributed by atoms with Crippen LogP contribution in [0.4, 0.5) is 4.79 Å². The van der Waals surface area contributed by atoms with E-state index < -0.39 is 6.04 Å². The highest BCUT2D eigenvalue weighted by atomic mass is 16.5. The van der Waals surface area contributed by atoms with Crippen molar-refractivity contribution in [1.29, 1.82) is 0 Å². The molecule has 7 heteroatoms. The number of carbonyl (C=O) groups is 2. The van der Waals surface area contributed by atoms with Crippen molar-refractivity contribution < 1.29 is 14.3 Å². The topological polar surface area (TPSA) is 65.1 Å². The van der Waals surface area contributed by atoms with Gasteiger partial charge in [-0.25, -0.2) is 4.79 Å². The first-order valence-electron chi connectivity index (χ1n) is 8.86. The second-order valence-corrected chi connectivity index (χ2v) is 6.83. The van der Waals surface area contributed by atoms with Crippen LogP contribution in [0, 0.1) is 0 Å². The Morgan fingerprint density at radius 2 is 1.92 bits per heavy atom. The zero-order valence-electron chi connectivity index (χ0n) is 15.8. The largest absolute Gasteiger partial charge is 0.494 e. The van der Waals surface area contributed by atoms with Crippen LogP contribution in [0.3, 0.4) is 0 Å². The van der Waals surface area contributed by atoms with Crippen molar-refractivity contribution in [3.63, 3.8) is 0 Å². The van der Waals surface area contributed by atoms with Gasteiger partial charge in [-0.15, -0.1) is 0 Å². The van der Waals surface area contributed by atoms with Crippen molar-refractivity contribution in [2.75, 3.05) is 47.4 Å². The van der Waals surface area contributed by atoms with Crippen LogP contribution in [0.15, 0.2) is 35.5 Å². The first kappa shape index (κ1) is 18.3. The van der Waals surface area contributed by atoms with Gasteiger partial charge in [-0.1, -0.05) is 12.1 Å². The third-order valence-electron chi connectivity index (χ3n) is 4.78. The first-order chi connectivity index (χ1) is 12.4. The molecule has 3 rings (SSSR count). The molecule has 0 radical (unpaired) electrons. The lowest BCUT2D eigenvalue weighted by Crippen LogP contribution is -2.45. The zero-order chi connectivity index (χ0) is 18.8. The minimum Gasteiger partial charge on any atom is -0.494 e. The Bertz CT molecular complexity index is 727. The van der Waals surface area contributed by atoms with Crippen molar-refractivity contribution in [1.82, 2.24) is 20.0 Å². The normalized spacial score (nSPS) is 20.0. The maximum atomic E-state index is 13.0. The third-order valence-corrected chi connectivity index (χ3v) is 4.78. The number of nitrogens with one attached hydrogen (secondary N) is 1. The molecule has 2 aliphatic rings. The number of likely N-dealkylation sites (N-methyl/N-ethyl adjacent to an activating group) is 2. The minimum absolute atomic E-state index is 0.00687. The highest BCUT2D eigenvalue weighted by Gasteiger charge is 2.42. The molecule has 1 N–H and O–H groups in total. The second kappa shape index (κ2) is 7.37. The smallest absolute Gasteiger partial charge is 0.322 e. The van der Waals surface area contributed by atoms with Gasteiger partial charge in [0, 0.05) is 20.1 Å². The van der Waals surface area contributed by atoms with Crippen LogP contribution >= 0.6 is 0 Å². The zero-order valence-corrected chi connectivity index (χ0v) is 15.8. The van der Waals surface area contributed by atoms with E-state index in [-0.39, 0.29) is 11.9 Å². The predicted molar refractivity (Wildman–Crippen MR) is 98.8 cm³/mol. The van der Waals surface area contributed by atoms with Gasteiger partial charge in [0.15, 0.2) is 0 Å². The van der Waals surface area contributed by atoms with Gasteiger partial charge < -0.3 is 19.9 Å². The number of carbonyl (C=O) groups excluding carboxylic acids is 2. The number of rotatable bonds is 6. The van der Waals surface area contributed by atoms with Crippen LogP contribution in [0.1, 0.15) is 18.5 Å². The van der Waals surface area contributed by atoms with E-state index in [0.29, 0.717) is 25.3 Å². The van der Waals surface area contributed by atoms with Gasteiger partial charge in [0.05, 0.1) is 30.5 Å². The van der Waals surface area contributed by atoms with Crippen molar-refractivity contribution in [2.45, 2.75) is 13.0 Å². The second-order valence-electron chi connectivity index (χ2n) is 6.83. The Labute approximate surface area is 154 Å². The molecule has 0 fully saturated rings. The summed E-state index contributed by atoms with van der Waals surface area (Å²) in [5, 5.41) is 2.95. The van der Waals surface area contributed by atoms with Crippen molar-refractivity contribution in [3.8, 4) is 5.75 Å². The summed E-state index contributed by atoms with van der Waals surface area (Å²) in [6.07, 6.45) is 0. The number of benzene rings is 1. The fourth-order valence-electron chi connectivity index (χ4n) is 3.30. The third kappa shape index (κ3) is 3.39. The highest BCUT2D eigenvalue weighted by molar-refractivity contribution is 6.01.